The molecule has 0 aromatic rings. The molecule has 0 aromatic carbocycles. The highest BCUT2D eigenvalue weighted by Gasteiger charge is 2.19. The number of ether oxygens (including phenoxy) is 3. The molecule has 0 spiro atoms. The zero-order valence-corrected chi connectivity index (χ0v) is 50.6. The number of hydrogen-bond donors (Lipinski definition) is 0. The minimum atomic E-state index is -0.826. The molecule has 0 radical (unpaired) electrons. The van der Waals surface area contributed by atoms with E-state index in [-0.39, 0.29) is 37.5 Å². The number of hydrogen-bond acceptors (Lipinski definition) is 6. The van der Waals surface area contributed by atoms with Gasteiger partial charge in [0, 0.05) is 19.3 Å². The van der Waals surface area contributed by atoms with Crippen LogP contribution in [0.3, 0.4) is 0 Å². The van der Waals surface area contributed by atoms with Gasteiger partial charge in [0.2, 0.25) is 0 Å². The van der Waals surface area contributed by atoms with Crippen LogP contribution in [0.15, 0.2) is 170 Å². The van der Waals surface area contributed by atoms with Crippen LogP contribution in [0.2, 0.25) is 0 Å². The molecule has 0 saturated heterocycles. The molecule has 0 amide bonds. The van der Waals surface area contributed by atoms with Crippen LogP contribution in [-0.2, 0) is 28.6 Å². The molecule has 0 saturated carbocycles. The van der Waals surface area contributed by atoms with Gasteiger partial charge in [0.25, 0.3) is 0 Å². The Hall–Kier alpha value is -5.23. The van der Waals surface area contributed by atoms with Crippen LogP contribution in [0.5, 0.6) is 0 Å². The Labute approximate surface area is 485 Å². The third kappa shape index (κ3) is 63.5. The number of carbonyl (C=O) groups is 3. The normalized spacial score (nSPS) is 13.3. The van der Waals surface area contributed by atoms with E-state index in [1.165, 1.54) is 57.8 Å². The summed E-state index contributed by atoms with van der Waals surface area (Å²) in [6.07, 6.45) is 96.4. The lowest BCUT2D eigenvalue weighted by molar-refractivity contribution is -0.167. The van der Waals surface area contributed by atoms with Gasteiger partial charge < -0.3 is 14.2 Å². The van der Waals surface area contributed by atoms with Gasteiger partial charge in [-0.2, -0.15) is 0 Å². The zero-order chi connectivity index (χ0) is 57.1. The summed E-state index contributed by atoms with van der Waals surface area (Å²) in [6, 6.07) is 0. The quantitative estimate of drug-likeness (QED) is 0.0261. The SMILES string of the molecule is CC/C=C\C/C=C\C/C=C\C/C=C\C/C=C\C/C=C\CCCCCCCCCCC(=O)OCC(COC(=O)CCCCCCCCC/C=C\C/C=C\C/C=C\CC)OC(=O)CCC/C=C\C/C=C\C/C=C\C/C=C\C/C=C\CC. The van der Waals surface area contributed by atoms with E-state index in [0.29, 0.717) is 19.3 Å². The summed E-state index contributed by atoms with van der Waals surface area (Å²) in [5, 5.41) is 0. The number of unbranched alkanes of at least 4 members (excludes halogenated alkanes) is 16. The molecule has 0 aliphatic heterocycles. The summed E-state index contributed by atoms with van der Waals surface area (Å²) in [4.78, 5) is 38.3. The number of allylic oxidation sites excluding steroid dienone is 28. The lowest BCUT2D eigenvalue weighted by atomic mass is 10.1. The Morgan fingerprint density at radius 2 is 0.468 bits per heavy atom. The van der Waals surface area contributed by atoms with Crippen molar-refractivity contribution in [3.8, 4) is 0 Å². The minimum absolute atomic E-state index is 0.116. The molecule has 1 atom stereocenters. The van der Waals surface area contributed by atoms with Crippen molar-refractivity contribution in [3.05, 3.63) is 170 Å². The first kappa shape index (κ1) is 73.8. The van der Waals surface area contributed by atoms with Crippen molar-refractivity contribution in [2.75, 3.05) is 13.2 Å². The second kappa shape index (κ2) is 65.3. The fourth-order valence-electron chi connectivity index (χ4n) is 8.08. The van der Waals surface area contributed by atoms with Gasteiger partial charge >= 0.3 is 17.9 Å². The van der Waals surface area contributed by atoms with E-state index in [9.17, 15) is 14.4 Å². The predicted molar refractivity (Wildman–Crippen MR) is 343 cm³/mol. The molecular weight excluding hydrogens is 973 g/mol. The Bertz CT molecular complexity index is 1820. The molecule has 0 N–H and O–H groups in total. The van der Waals surface area contributed by atoms with E-state index in [1.807, 2.05) is 0 Å². The van der Waals surface area contributed by atoms with Crippen molar-refractivity contribution >= 4 is 17.9 Å². The molecule has 442 valence electrons. The maximum atomic E-state index is 12.9. The molecule has 0 bridgehead atoms. The first-order valence-corrected chi connectivity index (χ1v) is 31.6. The Morgan fingerprint density at radius 1 is 0.253 bits per heavy atom. The summed E-state index contributed by atoms with van der Waals surface area (Å²) in [7, 11) is 0. The van der Waals surface area contributed by atoms with Gasteiger partial charge in [0.1, 0.15) is 13.2 Å². The largest absolute Gasteiger partial charge is 0.462 e. The van der Waals surface area contributed by atoms with E-state index in [0.717, 1.165) is 148 Å². The van der Waals surface area contributed by atoms with Crippen molar-refractivity contribution in [1.82, 2.24) is 0 Å². The highest BCUT2D eigenvalue weighted by atomic mass is 16.6. The first-order valence-electron chi connectivity index (χ1n) is 31.6. The molecule has 1 unspecified atom stereocenters. The number of esters is 3. The zero-order valence-electron chi connectivity index (χ0n) is 50.6. The van der Waals surface area contributed by atoms with Crippen molar-refractivity contribution in [2.45, 2.75) is 258 Å². The average molecular weight is 1090 g/mol. The van der Waals surface area contributed by atoms with E-state index < -0.39 is 6.10 Å². The molecular formula is C73H114O6. The standard InChI is InChI=1S/C73H114O6/c1-4-7-10-13-16-19-22-25-28-31-32-33-34-35-36-37-38-39-40-43-45-48-51-54-57-60-63-66-72(75)78-69-70(79-73(76)67-64-61-58-55-52-49-46-42-30-27-24-21-18-15-12-9-6-3)68-77-71(74)65-62-59-56-53-50-47-44-41-29-26-23-20-17-14-11-8-5-2/h7-12,16-21,25-30,32-33,35-36,38-39,46,49,55,58,70H,4-6,13-15,22-24,31,34,37,40-45,47-48,50-54,56-57,59-69H2,1-3H3/b10-7-,11-8-,12-9-,19-16-,20-17-,21-18-,28-25-,29-26-,30-27-,33-32-,36-35-,39-38-,49-46-,58-55-. The van der Waals surface area contributed by atoms with Crippen LogP contribution in [0.1, 0.15) is 252 Å². The third-order valence-electron chi connectivity index (χ3n) is 12.7. The molecule has 0 heterocycles. The Balaban J connectivity index is 4.47. The van der Waals surface area contributed by atoms with Crippen LogP contribution >= 0.6 is 0 Å². The van der Waals surface area contributed by atoms with Crippen LogP contribution in [-0.4, -0.2) is 37.2 Å². The van der Waals surface area contributed by atoms with Crippen molar-refractivity contribution < 1.29 is 28.6 Å². The van der Waals surface area contributed by atoms with Crippen molar-refractivity contribution in [3.63, 3.8) is 0 Å². The second-order valence-corrected chi connectivity index (χ2v) is 20.2. The summed E-state index contributed by atoms with van der Waals surface area (Å²) < 4.78 is 16.9. The van der Waals surface area contributed by atoms with Crippen LogP contribution in [0.4, 0.5) is 0 Å². The predicted octanol–water partition coefficient (Wildman–Crippen LogP) is 21.9. The molecule has 0 rings (SSSR count). The number of rotatable bonds is 55. The van der Waals surface area contributed by atoms with Crippen LogP contribution < -0.4 is 0 Å². The summed E-state index contributed by atoms with van der Waals surface area (Å²) in [5.41, 5.74) is 0. The molecule has 0 aliphatic carbocycles. The van der Waals surface area contributed by atoms with Gasteiger partial charge in [-0.25, -0.2) is 0 Å². The van der Waals surface area contributed by atoms with E-state index in [4.69, 9.17) is 14.2 Å². The van der Waals surface area contributed by atoms with Crippen LogP contribution in [0.25, 0.3) is 0 Å². The smallest absolute Gasteiger partial charge is 0.306 e. The minimum Gasteiger partial charge on any atom is -0.462 e. The fraction of sp³-hybridized carbons (Fsp3) is 0.575. The van der Waals surface area contributed by atoms with E-state index in [2.05, 4.69) is 191 Å². The van der Waals surface area contributed by atoms with Crippen molar-refractivity contribution in [1.29, 1.82) is 0 Å². The highest BCUT2D eigenvalue weighted by molar-refractivity contribution is 5.71. The van der Waals surface area contributed by atoms with Gasteiger partial charge in [0.15, 0.2) is 6.10 Å². The van der Waals surface area contributed by atoms with Gasteiger partial charge in [-0.15, -0.1) is 0 Å². The van der Waals surface area contributed by atoms with Gasteiger partial charge in [0.05, 0.1) is 0 Å². The van der Waals surface area contributed by atoms with Crippen LogP contribution in [0, 0.1) is 0 Å². The maximum absolute atomic E-state index is 12.9. The molecule has 6 heteroatoms. The Morgan fingerprint density at radius 3 is 0.747 bits per heavy atom. The lowest BCUT2D eigenvalue weighted by Crippen LogP contribution is -2.30. The van der Waals surface area contributed by atoms with E-state index in [1.54, 1.807) is 0 Å². The molecule has 6 nitrogen and oxygen atoms in total. The topological polar surface area (TPSA) is 78.9 Å². The van der Waals surface area contributed by atoms with Crippen molar-refractivity contribution in [2.24, 2.45) is 0 Å². The molecule has 0 aromatic heterocycles. The molecule has 0 fully saturated rings. The monoisotopic (exact) mass is 1090 g/mol. The van der Waals surface area contributed by atoms with E-state index >= 15 is 0 Å². The summed E-state index contributed by atoms with van der Waals surface area (Å²) in [5.74, 6) is -0.998. The highest BCUT2D eigenvalue weighted by Crippen LogP contribution is 2.14. The second-order valence-electron chi connectivity index (χ2n) is 20.2. The summed E-state index contributed by atoms with van der Waals surface area (Å²) >= 11 is 0. The lowest BCUT2D eigenvalue weighted by Gasteiger charge is -2.18. The number of carbonyl (C=O) groups excluding carboxylic acids is 3. The maximum Gasteiger partial charge on any atom is 0.306 e. The van der Waals surface area contributed by atoms with Gasteiger partial charge in [-0.05, 0) is 141 Å². The summed E-state index contributed by atoms with van der Waals surface area (Å²) in [6.45, 7) is 6.23. The van der Waals surface area contributed by atoms with Gasteiger partial charge in [-0.3, -0.25) is 14.4 Å². The Kier molecular flexibility index (Phi) is 61.0. The first-order chi connectivity index (χ1) is 39.0. The molecule has 0 aliphatic rings. The van der Waals surface area contributed by atoms with Gasteiger partial charge in [-0.1, -0.05) is 262 Å². The average Bonchev–Trinajstić information content (AvgIpc) is 3.45. The fourth-order valence-corrected chi connectivity index (χ4v) is 8.08. The third-order valence-corrected chi connectivity index (χ3v) is 12.7. The molecule has 79 heavy (non-hydrogen) atoms.